The highest BCUT2D eigenvalue weighted by molar-refractivity contribution is 5.33. The zero-order chi connectivity index (χ0) is 12.1. The van der Waals surface area contributed by atoms with Crippen LogP contribution in [0.15, 0.2) is 24.3 Å². The fourth-order valence-corrected chi connectivity index (χ4v) is 2.44. The minimum absolute atomic E-state index is 0.204. The molecule has 3 heteroatoms. The zero-order valence-electron chi connectivity index (χ0n) is 10.4. The Kier molecular flexibility index (Phi) is 4.40. The van der Waals surface area contributed by atoms with E-state index in [-0.39, 0.29) is 6.04 Å². The molecule has 17 heavy (non-hydrogen) atoms. The van der Waals surface area contributed by atoms with Crippen LogP contribution in [0.3, 0.4) is 0 Å². The number of hydrogen-bond acceptors (Lipinski definition) is 3. The Morgan fingerprint density at radius 1 is 1.35 bits per heavy atom. The van der Waals surface area contributed by atoms with Crippen molar-refractivity contribution in [2.75, 3.05) is 20.3 Å². The molecule has 0 spiro atoms. The summed E-state index contributed by atoms with van der Waals surface area (Å²) < 4.78 is 10.7. The molecule has 2 N–H and O–H groups in total. The summed E-state index contributed by atoms with van der Waals surface area (Å²) in [7, 11) is 1.71. The Balaban J connectivity index is 1.99. The van der Waals surface area contributed by atoms with Crippen LogP contribution in [0.5, 0.6) is 5.75 Å². The van der Waals surface area contributed by atoms with Crippen LogP contribution >= 0.6 is 0 Å². The van der Waals surface area contributed by atoms with Gasteiger partial charge >= 0.3 is 0 Å². The first-order chi connectivity index (χ1) is 8.31. The molecule has 2 rings (SSSR count). The van der Waals surface area contributed by atoms with Crippen LogP contribution in [0.2, 0.25) is 0 Å². The van der Waals surface area contributed by atoms with Gasteiger partial charge in [0.05, 0.1) is 7.11 Å². The lowest BCUT2D eigenvalue weighted by Crippen LogP contribution is -2.36. The highest BCUT2D eigenvalue weighted by Gasteiger charge is 2.21. The Morgan fingerprint density at radius 3 is 2.76 bits per heavy atom. The number of para-hydroxylation sites is 1. The zero-order valence-corrected chi connectivity index (χ0v) is 10.4. The summed E-state index contributed by atoms with van der Waals surface area (Å²) in [6.45, 7) is 1.70. The van der Waals surface area contributed by atoms with Crippen LogP contribution in [-0.4, -0.2) is 26.4 Å². The second kappa shape index (κ2) is 6.03. The lowest BCUT2D eigenvalue weighted by Gasteiger charge is -2.28. The van der Waals surface area contributed by atoms with Gasteiger partial charge in [-0.1, -0.05) is 18.2 Å². The van der Waals surface area contributed by atoms with Gasteiger partial charge < -0.3 is 15.2 Å². The first-order valence-electron chi connectivity index (χ1n) is 6.26. The van der Waals surface area contributed by atoms with E-state index in [1.54, 1.807) is 7.11 Å². The SMILES string of the molecule is COc1ccccc1CC(N)C1CCOCC1. The molecule has 1 aromatic carbocycles. The molecule has 1 fully saturated rings. The van der Waals surface area contributed by atoms with Crippen LogP contribution in [-0.2, 0) is 11.2 Å². The maximum atomic E-state index is 6.29. The molecule has 3 nitrogen and oxygen atoms in total. The van der Waals surface area contributed by atoms with Gasteiger partial charge in [-0.25, -0.2) is 0 Å². The summed E-state index contributed by atoms with van der Waals surface area (Å²) in [6, 6.07) is 8.32. The van der Waals surface area contributed by atoms with E-state index in [1.165, 1.54) is 5.56 Å². The molecular formula is C14H21NO2. The minimum atomic E-state index is 0.204. The molecule has 1 unspecified atom stereocenters. The molecular weight excluding hydrogens is 214 g/mol. The quantitative estimate of drug-likeness (QED) is 0.868. The summed E-state index contributed by atoms with van der Waals surface area (Å²) in [5, 5.41) is 0. The number of ether oxygens (including phenoxy) is 2. The number of rotatable bonds is 4. The van der Waals surface area contributed by atoms with Crippen molar-refractivity contribution in [3.8, 4) is 5.75 Å². The van der Waals surface area contributed by atoms with Crippen LogP contribution in [0, 0.1) is 5.92 Å². The largest absolute Gasteiger partial charge is 0.496 e. The molecule has 0 amide bonds. The van der Waals surface area contributed by atoms with Crippen LogP contribution < -0.4 is 10.5 Å². The molecule has 0 aliphatic carbocycles. The lowest BCUT2D eigenvalue weighted by atomic mass is 9.88. The van der Waals surface area contributed by atoms with E-state index in [0.29, 0.717) is 5.92 Å². The molecule has 0 saturated carbocycles. The maximum Gasteiger partial charge on any atom is 0.122 e. The van der Waals surface area contributed by atoms with Crippen LogP contribution in [0.25, 0.3) is 0 Å². The number of benzene rings is 1. The van der Waals surface area contributed by atoms with E-state index < -0.39 is 0 Å². The van der Waals surface area contributed by atoms with Crippen molar-refractivity contribution in [2.45, 2.75) is 25.3 Å². The minimum Gasteiger partial charge on any atom is -0.496 e. The Morgan fingerprint density at radius 2 is 2.06 bits per heavy atom. The van der Waals surface area contributed by atoms with Gasteiger partial charge in [-0.15, -0.1) is 0 Å². The normalized spacial score (nSPS) is 18.9. The Hall–Kier alpha value is -1.06. The lowest BCUT2D eigenvalue weighted by molar-refractivity contribution is 0.0584. The number of nitrogens with two attached hydrogens (primary N) is 1. The predicted octanol–water partition coefficient (Wildman–Crippen LogP) is 1.99. The Bertz CT molecular complexity index is 348. The van der Waals surface area contributed by atoms with Crippen LogP contribution in [0.1, 0.15) is 18.4 Å². The van der Waals surface area contributed by atoms with Gasteiger partial charge in [-0.2, -0.15) is 0 Å². The van der Waals surface area contributed by atoms with Crippen molar-refractivity contribution in [3.05, 3.63) is 29.8 Å². The Labute approximate surface area is 103 Å². The van der Waals surface area contributed by atoms with Crippen molar-refractivity contribution >= 4 is 0 Å². The number of hydrogen-bond donors (Lipinski definition) is 1. The van der Waals surface area contributed by atoms with E-state index in [0.717, 1.165) is 38.2 Å². The van der Waals surface area contributed by atoms with Gasteiger partial charge in [0, 0.05) is 19.3 Å². The van der Waals surface area contributed by atoms with Crippen molar-refractivity contribution in [1.29, 1.82) is 0 Å². The highest BCUT2D eigenvalue weighted by atomic mass is 16.5. The van der Waals surface area contributed by atoms with E-state index >= 15 is 0 Å². The molecule has 1 heterocycles. The van der Waals surface area contributed by atoms with Gasteiger partial charge in [-0.3, -0.25) is 0 Å². The van der Waals surface area contributed by atoms with Crippen molar-refractivity contribution in [3.63, 3.8) is 0 Å². The number of methoxy groups -OCH3 is 1. The summed E-state index contributed by atoms with van der Waals surface area (Å²) in [5.74, 6) is 1.52. The smallest absolute Gasteiger partial charge is 0.122 e. The molecule has 1 aliphatic heterocycles. The third-order valence-electron chi connectivity index (χ3n) is 3.52. The van der Waals surface area contributed by atoms with E-state index in [4.69, 9.17) is 15.2 Å². The van der Waals surface area contributed by atoms with E-state index in [2.05, 4.69) is 6.07 Å². The summed E-state index contributed by atoms with van der Waals surface area (Å²) in [6.07, 6.45) is 3.04. The van der Waals surface area contributed by atoms with Gasteiger partial charge in [0.25, 0.3) is 0 Å². The summed E-state index contributed by atoms with van der Waals surface area (Å²) in [4.78, 5) is 0. The van der Waals surface area contributed by atoms with Crippen molar-refractivity contribution < 1.29 is 9.47 Å². The van der Waals surface area contributed by atoms with Crippen molar-refractivity contribution in [1.82, 2.24) is 0 Å². The molecule has 1 aromatic rings. The highest BCUT2D eigenvalue weighted by Crippen LogP contribution is 2.24. The van der Waals surface area contributed by atoms with Crippen LogP contribution in [0.4, 0.5) is 0 Å². The van der Waals surface area contributed by atoms with E-state index in [9.17, 15) is 0 Å². The van der Waals surface area contributed by atoms with Gasteiger partial charge in [-0.05, 0) is 36.8 Å². The van der Waals surface area contributed by atoms with Gasteiger partial charge in [0.1, 0.15) is 5.75 Å². The third-order valence-corrected chi connectivity index (χ3v) is 3.52. The first kappa shape index (κ1) is 12.4. The fraction of sp³-hybridized carbons (Fsp3) is 0.571. The standard InChI is InChI=1S/C14H21NO2/c1-16-14-5-3-2-4-12(14)10-13(15)11-6-8-17-9-7-11/h2-5,11,13H,6-10,15H2,1H3. The van der Waals surface area contributed by atoms with Gasteiger partial charge in [0.2, 0.25) is 0 Å². The molecule has 0 aromatic heterocycles. The topological polar surface area (TPSA) is 44.5 Å². The first-order valence-corrected chi connectivity index (χ1v) is 6.26. The summed E-state index contributed by atoms with van der Waals surface area (Å²) in [5.41, 5.74) is 7.50. The average Bonchev–Trinajstić information content (AvgIpc) is 2.40. The predicted molar refractivity (Wildman–Crippen MR) is 68.2 cm³/mol. The van der Waals surface area contributed by atoms with E-state index in [1.807, 2.05) is 18.2 Å². The molecule has 0 radical (unpaired) electrons. The molecule has 1 aliphatic rings. The second-order valence-corrected chi connectivity index (χ2v) is 4.63. The fourth-order valence-electron chi connectivity index (χ4n) is 2.44. The third kappa shape index (κ3) is 3.20. The summed E-state index contributed by atoms with van der Waals surface area (Å²) >= 11 is 0. The maximum absolute atomic E-state index is 6.29. The molecule has 94 valence electrons. The average molecular weight is 235 g/mol. The van der Waals surface area contributed by atoms with Gasteiger partial charge in [0.15, 0.2) is 0 Å². The second-order valence-electron chi connectivity index (χ2n) is 4.63. The molecule has 1 saturated heterocycles. The van der Waals surface area contributed by atoms with Crippen molar-refractivity contribution in [2.24, 2.45) is 11.7 Å². The molecule has 0 bridgehead atoms. The molecule has 1 atom stereocenters. The monoisotopic (exact) mass is 235 g/mol.